The van der Waals surface area contributed by atoms with Gasteiger partial charge in [-0.25, -0.2) is 9.67 Å². The van der Waals surface area contributed by atoms with Gasteiger partial charge in [0.1, 0.15) is 0 Å². The lowest BCUT2D eigenvalue weighted by molar-refractivity contribution is 0.104. The Morgan fingerprint density at radius 3 is 2.81 bits per heavy atom. The predicted molar refractivity (Wildman–Crippen MR) is 87.0 cm³/mol. The van der Waals surface area contributed by atoms with Gasteiger partial charge in [-0.05, 0) is 26.2 Å². The topological polar surface area (TPSA) is 54.2 Å². The first-order valence-corrected chi connectivity index (χ1v) is 8.68. The molecule has 0 bridgehead atoms. The predicted octanol–water partition coefficient (Wildman–Crippen LogP) is 2.86. The number of aliphatic hydroxyl groups is 1. The van der Waals surface area contributed by atoms with Gasteiger partial charge < -0.3 is 10.0 Å². The summed E-state index contributed by atoms with van der Waals surface area (Å²) in [6.45, 7) is 5.17. The van der Waals surface area contributed by atoms with Gasteiger partial charge >= 0.3 is 0 Å². The maximum absolute atomic E-state index is 10.4. The standard InChI is InChI=1S/C15H24N4OS/c1-4-9-19(11-7-5-6-8-12(11)20)15-16-14-13(21-15)10(2)17-18(14)3/h11-12,20H,4-9H2,1-3H3. The van der Waals surface area contributed by atoms with Crippen molar-refractivity contribution in [1.29, 1.82) is 0 Å². The molecule has 0 saturated heterocycles. The van der Waals surface area contributed by atoms with Crippen LogP contribution in [0.15, 0.2) is 0 Å². The number of fused-ring (bicyclic) bond motifs is 1. The number of thiazole rings is 1. The number of nitrogens with zero attached hydrogens (tertiary/aromatic N) is 4. The van der Waals surface area contributed by atoms with Crippen molar-refractivity contribution < 1.29 is 5.11 Å². The van der Waals surface area contributed by atoms with Crippen LogP contribution in [0.4, 0.5) is 5.13 Å². The number of anilines is 1. The summed E-state index contributed by atoms with van der Waals surface area (Å²) in [5, 5.41) is 15.8. The number of hydrogen-bond acceptors (Lipinski definition) is 5. The fourth-order valence-corrected chi connectivity index (χ4v) is 4.41. The van der Waals surface area contributed by atoms with Crippen LogP contribution in [0, 0.1) is 6.92 Å². The smallest absolute Gasteiger partial charge is 0.188 e. The minimum Gasteiger partial charge on any atom is -0.391 e. The Balaban J connectivity index is 1.96. The van der Waals surface area contributed by atoms with Crippen molar-refractivity contribution in [2.24, 2.45) is 7.05 Å². The van der Waals surface area contributed by atoms with Gasteiger partial charge in [-0.15, -0.1) is 0 Å². The number of rotatable bonds is 4. The minimum absolute atomic E-state index is 0.215. The van der Waals surface area contributed by atoms with E-state index in [-0.39, 0.29) is 12.1 Å². The molecule has 116 valence electrons. The highest BCUT2D eigenvalue weighted by molar-refractivity contribution is 7.22. The van der Waals surface area contributed by atoms with Crippen LogP contribution in [0.3, 0.4) is 0 Å². The van der Waals surface area contributed by atoms with Crippen LogP contribution in [-0.2, 0) is 7.05 Å². The molecule has 0 radical (unpaired) electrons. The van der Waals surface area contributed by atoms with Crippen molar-refractivity contribution in [2.75, 3.05) is 11.4 Å². The molecule has 6 heteroatoms. The fourth-order valence-electron chi connectivity index (χ4n) is 3.30. The molecule has 1 saturated carbocycles. The Morgan fingerprint density at radius 2 is 2.14 bits per heavy atom. The largest absolute Gasteiger partial charge is 0.391 e. The molecule has 2 aromatic rings. The van der Waals surface area contributed by atoms with E-state index in [2.05, 4.69) is 16.9 Å². The molecule has 1 aliphatic carbocycles. The molecule has 21 heavy (non-hydrogen) atoms. The summed E-state index contributed by atoms with van der Waals surface area (Å²) in [5.74, 6) is 0. The maximum atomic E-state index is 10.4. The highest BCUT2D eigenvalue weighted by Crippen LogP contribution is 2.34. The molecule has 1 N–H and O–H groups in total. The summed E-state index contributed by atoms with van der Waals surface area (Å²) >= 11 is 1.71. The van der Waals surface area contributed by atoms with Crippen LogP contribution in [0.25, 0.3) is 10.3 Å². The fraction of sp³-hybridized carbons (Fsp3) is 0.733. The van der Waals surface area contributed by atoms with Crippen molar-refractivity contribution in [3.05, 3.63) is 5.69 Å². The third-order valence-electron chi connectivity index (χ3n) is 4.34. The van der Waals surface area contributed by atoms with Gasteiger partial charge in [0, 0.05) is 13.6 Å². The molecule has 0 aromatic carbocycles. The van der Waals surface area contributed by atoms with Crippen LogP contribution in [-0.4, -0.2) is 38.6 Å². The molecule has 2 aromatic heterocycles. The van der Waals surface area contributed by atoms with Crippen molar-refractivity contribution in [3.63, 3.8) is 0 Å². The van der Waals surface area contributed by atoms with Gasteiger partial charge in [0.2, 0.25) is 0 Å². The van der Waals surface area contributed by atoms with Crippen LogP contribution in [0.5, 0.6) is 0 Å². The molecule has 2 atom stereocenters. The lowest BCUT2D eigenvalue weighted by Crippen LogP contribution is -2.46. The second-order valence-electron chi connectivity index (χ2n) is 5.97. The van der Waals surface area contributed by atoms with E-state index in [1.54, 1.807) is 11.3 Å². The van der Waals surface area contributed by atoms with E-state index in [1.807, 2.05) is 18.7 Å². The van der Waals surface area contributed by atoms with Crippen LogP contribution >= 0.6 is 11.3 Å². The SMILES string of the molecule is CCCN(c1nc2c(s1)c(C)nn2C)C1CCCCC1O. The first-order chi connectivity index (χ1) is 10.1. The molecule has 2 heterocycles. The molecule has 3 rings (SSSR count). The Bertz CT molecular complexity index is 586. The number of aryl methyl sites for hydroxylation is 2. The molecule has 0 spiro atoms. The monoisotopic (exact) mass is 308 g/mol. The van der Waals surface area contributed by atoms with E-state index in [0.29, 0.717) is 0 Å². The van der Waals surface area contributed by atoms with Crippen molar-refractivity contribution in [3.8, 4) is 0 Å². The van der Waals surface area contributed by atoms with E-state index in [9.17, 15) is 5.11 Å². The molecular weight excluding hydrogens is 284 g/mol. The van der Waals surface area contributed by atoms with E-state index in [4.69, 9.17) is 4.98 Å². The zero-order chi connectivity index (χ0) is 15.0. The highest BCUT2D eigenvalue weighted by Gasteiger charge is 2.30. The first kappa shape index (κ1) is 14.8. The van der Waals surface area contributed by atoms with Crippen LogP contribution in [0.2, 0.25) is 0 Å². The van der Waals surface area contributed by atoms with Crippen molar-refractivity contribution in [1.82, 2.24) is 14.8 Å². The van der Waals surface area contributed by atoms with Gasteiger partial charge in [0.05, 0.1) is 22.5 Å². The number of hydrogen-bond donors (Lipinski definition) is 1. The third-order valence-corrected chi connectivity index (χ3v) is 5.53. The summed E-state index contributed by atoms with van der Waals surface area (Å²) in [7, 11) is 1.94. The van der Waals surface area contributed by atoms with Crippen molar-refractivity contribution in [2.45, 2.75) is 58.1 Å². The lowest BCUT2D eigenvalue weighted by atomic mass is 9.91. The third kappa shape index (κ3) is 2.66. The summed E-state index contributed by atoms with van der Waals surface area (Å²) in [4.78, 5) is 7.12. The molecular formula is C15H24N4OS. The molecule has 1 aliphatic rings. The Kier molecular flexibility index (Phi) is 4.17. The van der Waals surface area contributed by atoms with Gasteiger partial charge in [0.15, 0.2) is 10.8 Å². The van der Waals surface area contributed by atoms with E-state index < -0.39 is 0 Å². The average molecular weight is 308 g/mol. The van der Waals surface area contributed by atoms with Gasteiger partial charge in [-0.1, -0.05) is 31.1 Å². The first-order valence-electron chi connectivity index (χ1n) is 7.86. The average Bonchev–Trinajstić information content (AvgIpc) is 3.00. The number of aliphatic hydroxyl groups excluding tert-OH is 1. The van der Waals surface area contributed by atoms with E-state index in [1.165, 1.54) is 11.1 Å². The van der Waals surface area contributed by atoms with Crippen molar-refractivity contribution >= 4 is 26.8 Å². The summed E-state index contributed by atoms with van der Waals surface area (Å²) < 4.78 is 3.02. The molecule has 2 unspecified atom stereocenters. The quantitative estimate of drug-likeness (QED) is 0.943. The minimum atomic E-state index is -0.225. The second-order valence-corrected chi connectivity index (χ2v) is 6.95. The highest BCUT2D eigenvalue weighted by atomic mass is 32.1. The van der Waals surface area contributed by atoms with E-state index in [0.717, 1.165) is 48.7 Å². The number of aromatic nitrogens is 3. The Hall–Kier alpha value is -1.14. The summed E-state index contributed by atoms with van der Waals surface area (Å²) in [5.41, 5.74) is 2.00. The normalized spacial score (nSPS) is 22.9. The molecule has 1 fully saturated rings. The zero-order valence-electron chi connectivity index (χ0n) is 13.0. The molecule has 0 aliphatic heterocycles. The van der Waals surface area contributed by atoms with Crippen LogP contribution < -0.4 is 4.90 Å². The lowest BCUT2D eigenvalue weighted by Gasteiger charge is -2.37. The summed E-state index contributed by atoms with van der Waals surface area (Å²) in [6, 6.07) is 0.215. The molecule has 5 nitrogen and oxygen atoms in total. The van der Waals surface area contributed by atoms with Gasteiger partial charge in [-0.2, -0.15) is 5.10 Å². The van der Waals surface area contributed by atoms with Crippen LogP contribution in [0.1, 0.15) is 44.7 Å². The maximum Gasteiger partial charge on any atom is 0.188 e. The zero-order valence-corrected chi connectivity index (χ0v) is 13.9. The van der Waals surface area contributed by atoms with Gasteiger partial charge in [0.25, 0.3) is 0 Å². The Labute approximate surface area is 129 Å². The Morgan fingerprint density at radius 1 is 1.38 bits per heavy atom. The van der Waals surface area contributed by atoms with E-state index >= 15 is 0 Å². The summed E-state index contributed by atoms with van der Waals surface area (Å²) in [6.07, 6.45) is 5.16. The second kappa shape index (κ2) is 5.93. The molecule has 0 amide bonds. The van der Waals surface area contributed by atoms with Gasteiger partial charge in [-0.3, -0.25) is 0 Å².